The number of carbonyl (C=O) groups excluding carboxylic acids is 1. The molecular formula is C18H19FN2O3S. The number of benzene rings is 1. The normalized spacial score (nSPS) is 21.8. The van der Waals surface area contributed by atoms with E-state index in [1.54, 1.807) is 37.3 Å². The molecule has 7 heteroatoms. The lowest BCUT2D eigenvalue weighted by Gasteiger charge is -2.24. The van der Waals surface area contributed by atoms with Crippen LogP contribution >= 0.6 is 0 Å². The Balaban J connectivity index is 1.75. The fraction of sp³-hybridized carbons (Fsp3) is 0.333. The van der Waals surface area contributed by atoms with Crippen LogP contribution in [0, 0.1) is 5.82 Å². The van der Waals surface area contributed by atoms with Gasteiger partial charge in [-0.05, 0) is 37.1 Å². The number of aromatic nitrogens is 1. The minimum atomic E-state index is -3.10. The van der Waals surface area contributed by atoms with Crippen molar-refractivity contribution in [2.24, 2.45) is 0 Å². The Morgan fingerprint density at radius 3 is 2.76 bits per heavy atom. The van der Waals surface area contributed by atoms with E-state index in [4.69, 9.17) is 0 Å². The highest BCUT2D eigenvalue weighted by Crippen LogP contribution is 2.23. The molecule has 1 atom stereocenters. The molecule has 1 amide bonds. The van der Waals surface area contributed by atoms with Gasteiger partial charge >= 0.3 is 0 Å². The molecule has 1 aromatic heterocycles. The maximum atomic E-state index is 13.8. The summed E-state index contributed by atoms with van der Waals surface area (Å²) in [5, 5.41) is 2.81. The SMILES string of the molecule is CC1(NC(=O)c2ccnc(Cc3ccccc3F)c2)CCS(=O)(=O)C1. The Morgan fingerprint density at radius 2 is 2.08 bits per heavy atom. The van der Waals surface area contributed by atoms with Crippen LogP contribution in [0.2, 0.25) is 0 Å². The first-order valence-electron chi connectivity index (χ1n) is 7.98. The summed E-state index contributed by atoms with van der Waals surface area (Å²) in [7, 11) is -3.10. The summed E-state index contributed by atoms with van der Waals surface area (Å²) in [6, 6.07) is 9.59. The zero-order valence-electron chi connectivity index (χ0n) is 13.8. The molecule has 1 aromatic carbocycles. The van der Waals surface area contributed by atoms with E-state index < -0.39 is 15.4 Å². The Kier molecular flexibility index (Phi) is 4.60. The maximum absolute atomic E-state index is 13.8. The van der Waals surface area contributed by atoms with Crippen LogP contribution < -0.4 is 5.32 Å². The van der Waals surface area contributed by atoms with E-state index in [1.807, 2.05) is 0 Å². The van der Waals surface area contributed by atoms with Crippen LogP contribution in [0.15, 0.2) is 42.6 Å². The third-order valence-corrected chi connectivity index (χ3v) is 6.23. The fourth-order valence-electron chi connectivity index (χ4n) is 3.01. The number of nitrogens with zero attached hydrogens (tertiary/aromatic N) is 1. The minimum Gasteiger partial charge on any atom is -0.346 e. The van der Waals surface area contributed by atoms with E-state index in [2.05, 4.69) is 10.3 Å². The van der Waals surface area contributed by atoms with E-state index in [1.165, 1.54) is 12.3 Å². The number of sulfone groups is 1. The summed E-state index contributed by atoms with van der Waals surface area (Å²) >= 11 is 0. The average Bonchev–Trinajstić information content (AvgIpc) is 2.83. The molecule has 1 fully saturated rings. The molecule has 5 nitrogen and oxygen atoms in total. The highest BCUT2D eigenvalue weighted by molar-refractivity contribution is 7.91. The summed E-state index contributed by atoms with van der Waals surface area (Å²) in [5.74, 6) is -0.642. The lowest BCUT2D eigenvalue weighted by Crippen LogP contribution is -2.46. The summed E-state index contributed by atoms with van der Waals surface area (Å²) < 4.78 is 37.1. The third-order valence-electron chi connectivity index (χ3n) is 4.33. The van der Waals surface area contributed by atoms with Crippen molar-refractivity contribution in [3.8, 4) is 0 Å². The van der Waals surface area contributed by atoms with E-state index in [-0.39, 0.29) is 29.7 Å². The lowest BCUT2D eigenvalue weighted by atomic mass is 10.0. The maximum Gasteiger partial charge on any atom is 0.251 e. The first-order valence-corrected chi connectivity index (χ1v) is 9.80. The molecule has 1 unspecified atom stereocenters. The second-order valence-electron chi connectivity index (χ2n) is 6.66. The zero-order chi connectivity index (χ0) is 18.1. The zero-order valence-corrected chi connectivity index (χ0v) is 14.6. The van der Waals surface area contributed by atoms with Gasteiger partial charge in [0.15, 0.2) is 9.84 Å². The number of carbonyl (C=O) groups is 1. The van der Waals surface area contributed by atoms with Crippen molar-refractivity contribution >= 4 is 15.7 Å². The van der Waals surface area contributed by atoms with Crippen LogP contribution in [0.25, 0.3) is 0 Å². The van der Waals surface area contributed by atoms with Gasteiger partial charge in [0.05, 0.1) is 17.0 Å². The van der Waals surface area contributed by atoms with E-state index in [0.29, 0.717) is 23.2 Å². The van der Waals surface area contributed by atoms with E-state index >= 15 is 0 Å². The first-order chi connectivity index (χ1) is 11.8. The molecule has 2 aromatic rings. The molecule has 2 heterocycles. The largest absolute Gasteiger partial charge is 0.346 e. The molecular weight excluding hydrogens is 343 g/mol. The van der Waals surface area contributed by atoms with Crippen molar-refractivity contribution in [3.05, 3.63) is 65.2 Å². The van der Waals surface area contributed by atoms with E-state index in [0.717, 1.165) is 0 Å². The van der Waals surface area contributed by atoms with Crippen LogP contribution in [0.3, 0.4) is 0 Å². The Bertz CT molecular complexity index is 914. The van der Waals surface area contributed by atoms with Crippen molar-refractivity contribution in [3.63, 3.8) is 0 Å². The van der Waals surface area contributed by atoms with Gasteiger partial charge in [-0.15, -0.1) is 0 Å². The minimum absolute atomic E-state index is 0.0566. The number of halogens is 1. The van der Waals surface area contributed by atoms with Crippen molar-refractivity contribution in [2.45, 2.75) is 25.3 Å². The summed E-state index contributed by atoms with van der Waals surface area (Å²) in [6.45, 7) is 1.73. The van der Waals surface area contributed by atoms with Gasteiger partial charge in [-0.2, -0.15) is 0 Å². The first kappa shape index (κ1) is 17.5. The Labute approximate surface area is 146 Å². The van der Waals surface area contributed by atoms with Crippen LogP contribution in [-0.2, 0) is 16.3 Å². The summed E-state index contributed by atoms with van der Waals surface area (Å²) in [5.41, 5.74) is 0.695. The lowest BCUT2D eigenvalue weighted by molar-refractivity contribution is 0.0915. The number of hydrogen-bond acceptors (Lipinski definition) is 4. The topological polar surface area (TPSA) is 76.1 Å². The number of rotatable bonds is 4. The second-order valence-corrected chi connectivity index (χ2v) is 8.84. The monoisotopic (exact) mass is 362 g/mol. The summed E-state index contributed by atoms with van der Waals surface area (Å²) in [6.07, 6.45) is 2.17. The Hall–Kier alpha value is -2.28. The van der Waals surface area contributed by atoms with Gasteiger partial charge in [-0.3, -0.25) is 9.78 Å². The number of amides is 1. The highest BCUT2D eigenvalue weighted by atomic mass is 32.2. The van der Waals surface area contributed by atoms with Crippen molar-refractivity contribution in [2.75, 3.05) is 11.5 Å². The second kappa shape index (κ2) is 6.55. The number of hydrogen-bond donors (Lipinski definition) is 1. The van der Waals surface area contributed by atoms with Crippen LogP contribution in [0.5, 0.6) is 0 Å². The smallest absolute Gasteiger partial charge is 0.251 e. The van der Waals surface area contributed by atoms with Gasteiger partial charge in [0.1, 0.15) is 5.82 Å². The molecule has 132 valence electrons. The highest BCUT2D eigenvalue weighted by Gasteiger charge is 2.39. The van der Waals surface area contributed by atoms with Crippen molar-refractivity contribution < 1.29 is 17.6 Å². The molecule has 0 saturated carbocycles. The molecule has 3 rings (SSSR count). The van der Waals surface area contributed by atoms with Gasteiger partial charge in [0, 0.05) is 23.9 Å². The van der Waals surface area contributed by atoms with Gasteiger partial charge in [-0.1, -0.05) is 18.2 Å². The fourth-order valence-corrected chi connectivity index (χ4v) is 5.10. The number of nitrogens with one attached hydrogen (secondary N) is 1. The summed E-state index contributed by atoms with van der Waals surface area (Å²) in [4.78, 5) is 16.7. The van der Waals surface area contributed by atoms with Gasteiger partial charge in [0.2, 0.25) is 0 Å². The average molecular weight is 362 g/mol. The molecule has 0 bridgehead atoms. The van der Waals surface area contributed by atoms with Crippen LogP contribution in [0.4, 0.5) is 4.39 Å². The van der Waals surface area contributed by atoms with Gasteiger partial charge < -0.3 is 5.32 Å². The van der Waals surface area contributed by atoms with Gasteiger partial charge in [0.25, 0.3) is 5.91 Å². The van der Waals surface area contributed by atoms with Crippen LogP contribution in [0.1, 0.15) is 35.0 Å². The molecule has 0 spiro atoms. The molecule has 25 heavy (non-hydrogen) atoms. The number of pyridine rings is 1. The van der Waals surface area contributed by atoms with Gasteiger partial charge in [-0.25, -0.2) is 12.8 Å². The predicted molar refractivity (Wildman–Crippen MR) is 92.6 cm³/mol. The van der Waals surface area contributed by atoms with Crippen LogP contribution in [-0.4, -0.2) is 36.4 Å². The van der Waals surface area contributed by atoms with Crippen molar-refractivity contribution in [1.82, 2.24) is 10.3 Å². The molecule has 1 N–H and O–H groups in total. The molecule has 0 aliphatic carbocycles. The third kappa shape index (κ3) is 4.22. The predicted octanol–water partition coefficient (Wildman–Crippen LogP) is 2.12. The Morgan fingerprint density at radius 1 is 1.32 bits per heavy atom. The van der Waals surface area contributed by atoms with E-state index in [9.17, 15) is 17.6 Å². The standard InChI is InChI=1S/C18H19FN2O3S/c1-18(7-9-25(23,24)12-18)21-17(22)14-6-8-20-15(11-14)10-13-4-2-3-5-16(13)19/h2-6,8,11H,7,9-10,12H2,1H3,(H,21,22). The molecule has 0 radical (unpaired) electrons. The molecule has 1 aliphatic heterocycles. The molecule has 1 aliphatic rings. The quantitative estimate of drug-likeness (QED) is 0.904. The van der Waals surface area contributed by atoms with Crippen molar-refractivity contribution in [1.29, 1.82) is 0 Å². The molecule has 1 saturated heterocycles.